The molecule has 138 valence electrons. The van der Waals surface area contributed by atoms with Crippen LogP contribution in [-0.4, -0.2) is 42.3 Å². The molecular formula is C16H24N4O3S2. The summed E-state index contributed by atoms with van der Waals surface area (Å²) in [5, 5.41) is 0.634. The Bertz CT molecular complexity index is 925. The van der Waals surface area contributed by atoms with Gasteiger partial charge >= 0.3 is 0 Å². The zero-order valence-electron chi connectivity index (χ0n) is 14.8. The number of thiophene rings is 1. The first-order valence-corrected chi connectivity index (χ1v) is 10.8. The summed E-state index contributed by atoms with van der Waals surface area (Å²) >= 11 is 1.49. The Hall–Kier alpha value is -1.29. The van der Waals surface area contributed by atoms with Crippen molar-refractivity contribution < 1.29 is 8.42 Å². The van der Waals surface area contributed by atoms with Gasteiger partial charge in [-0.25, -0.2) is 9.71 Å². The van der Waals surface area contributed by atoms with Crippen molar-refractivity contribution in [3.05, 3.63) is 26.6 Å². The van der Waals surface area contributed by atoms with E-state index in [1.807, 2.05) is 13.8 Å². The topological polar surface area (TPSA) is 95.2 Å². The molecule has 0 aromatic carbocycles. The van der Waals surface area contributed by atoms with E-state index >= 15 is 0 Å². The Morgan fingerprint density at radius 3 is 2.68 bits per heavy atom. The van der Waals surface area contributed by atoms with E-state index in [9.17, 15) is 13.2 Å². The van der Waals surface area contributed by atoms with Gasteiger partial charge in [-0.3, -0.25) is 4.79 Å². The molecule has 2 N–H and O–H groups in total. The van der Waals surface area contributed by atoms with Gasteiger partial charge in [-0.2, -0.15) is 12.7 Å². The first-order valence-electron chi connectivity index (χ1n) is 8.51. The molecule has 1 aliphatic heterocycles. The van der Waals surface area contributed by atoms with E-state index in [-0.39, 0.29) is 12.1 Å². The second-order valence-electron chi connectivity index (χ2n) is 6.71. The zero-order chi connectivity index (χ0) is 18.2. The largest absolute Gasteiger partial charge is 0.310 e. The lowest BCUT2D eigenvalue weighted by molar-refractivity contribution is 0.285. The maximum atomic E-state index is 12.3. The SMILES string of the molecule is Cc1sc2nc(CCNS(=O)(=O)N3CCC(C)CC3)[nH]c(=O)c2c1C. The van der Waals surface area contributed by atoms with Crippen molar-refractivity contribution in [3.8, 4) is 0 Å². The number of piperidine rings is 1. The Labute approximate surface area is 151 Å². The average molecular weight is 385 g/mol. The predicted octanol–water partition coefficient (Wildman–Crippen LogP) is 1.71. The van der Waals surface area contributed by atoms with Gasteiger partial charge in [0, 0.05) is 30.9 Å². The number of nitrogens with one attached hydrogen (secondary N) is 2. The highest BCUT2D eigenvalue weighted by Crippen LogP contribution is 2.25. The first kappa shape index (κ1) is 18.5. The van der Waals surface area contributed by atoms with Gasteiger partial charge in [0.2, 0.25) is 0 Å². The third-order valence-corrected chi connectivity index (χ3v) is 7.53. The Morgan fingerprint density at radius 2 is 2.00 bits per heavy atom. The van der Waals surface area contributed by atoms with Crippen molar-refractivity contribution in [1.29, 1.82) is 0 Å². The van der Waals surface area contributed by atoms with Crippen LogP contribution < -0.4 is 10.3 Å². The number of hydrogen-bond acceptors (Lipinski definition) is 5. The quantitative estimate of drug-likeness (QED) is 0.820. The lowest BCUT2D eigenvalue weighted by atomic mass is 10.0. The molecule has 3 rings (SSSR count). The van der Waals surface area contributed by atoms with E-state index in [0.717, 1.165) is 23.3 Å². The number of aromatic amines is 1. The molecule has 0 spiro atoms. The number of hydrogen-bond donors (Lipinski definition) is 2. The number of nitrogens with zero attached hydrogens (tertiary/aromatic N) is 2. The van der Waals surface area contributed by atoms with Crippen molar-refractivity contribution in [2.75, 3.05) is 19.6 Å². The molecule has 9 heteroatoms. The highest BCUT2D eigenvalue weighted by atomic mass is 32.2. The molecule has 1 saturated heterocycles. The minimum absolute atomic E-state index is 0.158. The smallest absolute Gasteiger partial charge is 0.279 e. The fourth-order valence-electron chi connectivity index (χ4n) is 3.03. The van der Waals surface area contributed by atoms with Crippen LogP contribution >= 0.6 is 11.3 Å². The molecule has 0 saturated carbocycles. The summed E-state index contributed by atoms with van der Waals surface area (Å²) < 4.78 is 28.8. The molecule has 0 atom stereocenters. The van der Waals surface area contributed by atoms with Crippen molar-refractivity contribution in [1.82, 2.24) is 19.0 Å². The molecule has 1 aliphatic rings. The molecule has 0 amide bonds. The highest BCUT2D eigenvalue weighted by molar-refractivity contribution is 7.87. The number of H-pyrrole nitrogens is 1. The third kappa shape index (κ3) is 3.94. The molecule has 0 bridgehead atoms. The third-order valence-electron chi connectivity index (χ3n) is 4.82. The number of aryl methyl sites for hydroxylation is 2. The van der Waals surface area contributed by atoms with Gasteiger partial charge < -0.3 is 4.98 Å². The van der Waals surface area contributed by atoms with E-state index in [4.69, 9.17) is 0 Å². The van der Waals surface area contributed by atoms with Crippen LogP contribution in [0, 0.1) is 19.8 Å². The van der Waals surface area contributed by atoms with Gasteiger partial charge in [-0.05, 0) is 38.2 Å². The van der Waals surface area contributed by atoms with Crippen molar-refractivity contribution >= 4 is 31.8 Å². The fourth-order valence-corrected chi connectivity index (χ4v) is 5.32. The first-order chi connectivity index (χ1) is 11.8. The Balaban J connectivity index is 1.66. The van der Waals surface area contributed by atoms with Gasteiger partial charge in [0.15, 0.2) is 0 Å². The monoisotopic (exact) mass is 384 g/mol. The minimum Gasteiger partial charge on any atom is -0.310 e. The van der Waals surface area contributed by atoms with Gasteiger partial charge in [0.05, 0.1) is 5.39 Å². The summed E-state index contributed by atoms with van der Waals surface area (Å²) in [6.07, 6.45) is 2.14. The zero-order valence-corrected chi connectivity index (χ0v) is 16.4. The van der Waals surface area contributed by atoms with E-state index in [1.165, 1.54) is 15.6 Å². The lowest BCUT2D eigenvalue weighted by Gasteiger charge is -2.29. The molecule has 2 aromatic rings. The predicted molar refractivity (Wildman–Crippen MR) is 100 cm³/mol. The second kappa shape index (κ2) is 7.14. The normalized spacial score (nSPS) is 17.4. The molecule has 25 heavy (non-hydrogen) atoms. The van der Waals surface area contributed by atoms with Crippen molar-refractivity contribution in [2.24, 2.45) is 5.92 Å². The van der Waals surface area contributed by atoms with Crippen LogP contribution in [0.25, 0.3) is 10.2 Å². The van der Waals surface area contributed by atoms with Gasteiger partial charge in [0.1, 0.15) is 10.7 Å². The molecule has 3 heterocycles. The van der Waals surface area contributed by atoms with Gasteiger partial charge in [-0.15, -0.1) is 11.3 Å². The summed E-state index contributed by atoms with van der Waals surface area (Å²) in [7, 11) is -3.47. The van der Waals surface area contributed by atoms with E-state index in [2.05, 4.69) is 21.6 Å². The number of rotatable bonds is 5. The van der Waals surface area contributed by atoms with Gasteiger partial charge in [-0.1, -0.05) is 6.92 Å². The van der Waals surface area contributed by atoms with Crippen molar-refractivity contribution in [2.45, 2.75) is 40.0 Å². The summed E-state index contributed by atoms with van der Waals surface area (Å²) in [6, 6.07) is 0. The Kier molecular flexibility index (Phi) is 5.29. The summed E-state index contributed by atoms with van der Waals surface area (Å²) in [5.74, 6) is 1.08. The maximum absolute atomic E-state index is 12.3. The van der Waals surface area contributed by atoms with Crippen LogP contribution in [0.3, 0.4) is 0 Å². The molecule has 0 aliphatic carbocycles. The molecule has 0 unspecified atom stereocenters. The Morgan fingerprint density at radius 1 is 1.32 bits per heavy atom. The number of aromatic nitrogens is 2. The van der Waals surface area contributed by atoms with Crippen LogP contribution in [0.2, 0.25) is 0 Å². The molecule has 7 nitrogen and oxygen atoms in total. The standard InChI is InChI=1S/C16H24N4O3S2/c1-10-5-8-20(9-6-10)25(22,23)17-7-4-13-18-15(21)14-11(2)12(3)24-16(14)19-13/h10,17H,4-9H2,1-3H3,(H,18,19,21). The maximum Gasteiger partial charge on any atom is 0.279 e. The molecular weight excluding hydrogens is 360 g/mol. The molecule has 1 fully saturated rings. The van der Waals surface area contributed by atoms with Crippen LogP contribution in [0.4, 0.5) is 0 Å². The van der Waals surface area contributed by atoms with Crippen molar-refractivity contribution in [3.63, 3.8) is 0 Å². The molecule has 2 aromatic heterocycles. The molecule has 0 radical (unpaired) electrons. The van der Waals surface area contributed by atoms with E-state index in [0.29, 0.717) is 41.5 Å². The average Bonchev–Trinajstić information content (AvgIpc) is 2.82. The summed E-state index contributed by atoms with van der Waals surface area (Å²) in [6.45, 7) is 7.36. The van der Waals surface area contributed by atoms with E-state index < -0.39 is 10.2 Å². The number of fused-ring (bicyclic) bond motifs is 1. The van der Waals surface area contributed by atoms with Crippen LogP contribution in [0.5, 0.6) is 0 Å². The van der Waals surface area contributed by atoms with Crippen LogP contribution in [0.1, 0.15) is 36.0 Å². The lowest BCUT2D eigenvalue weighted by Crippen LogP contribution is -2.45. The van der Waals surface area contributed by atoms with Gasteiger partial charge in [0.25, 0.3) is 15.8 Å². The second-order valence-corrected chi connectivity index (χ2v) is 9.67. The van der Waals surface area contributed by atoms with Crippen LogP contribution in [-0.2, 0) is 16.6 Å². The van der Waals surface area contributed by atoms with Crippen LogP contribution in [0.15, 0.2) is 4.79 Å². The van der Waals surface area contributed by atoms with E-state index in [1.54, 1.807) is 0 Å². The highest BCUT2D eigenvalue weighted by Gasteiger charge is 2.25. The summed E-state index contributed by atoms with van der Waals surface area (Å²) in [4.78, 5) is 21.3. The minimum atomic E-state index is -3.47. The summed E-state index contributed by atoms with van der Waals surface area (Å²) in [5.41, 5.74) is 0.801. The fraction of sp³-hybridized carbons (Fsp3) is 0.625.